The largest absolute Gasteiger partial charge is 0.508 e. The number of phenolic OH excluding ortho intramolecular Hbond substituents is 1. The molecule has 1 unspecified atom stereocenters. The number of carbonyl (C=O) groups excluding carboxylic acids is 1. The second kappa shape index (κ2) is 6.48. The monoisotopic (exact) mass is 390 g/mol. The number of H-pyrrole nitrogens is 2. The molecule has 1 amide bonds. The molecule has 146 valence electrons. The van der Waals surface area contributed by atoms with Gasteiger partial charge in [0.05, 0.1) is 24.3 Å². The fourth-order valence-electron chi connectivity index (χ4n) is 4.15. The lowest BCUT2D eigenvalue weighted by Crippen LogP contribution is -2.39. The summed E-state index contributed by atoms with van der Waals surface area (Å²) in [5, 5.41) is 10.6. The van der Waals surface area contributed by atoms with Crippen molar-refractivity contribution in [2.24, 2.45) is 0 Å². The van der Waals surface area contributed by atoms with Crippen LogP contribution in [0, 0.1) is 12.7 Å². The molecule has 3 heterocycles. The van der Waals surface area contributed by atoms with Gasteiger partial charge in [-0.3, -0.25) is 4.79 Å². The van der Waals surface area contributed by atoms with Crippen molar-refractivity contribution >= 4 is 16.8 Å². The van der Waals surface area contributed by atoms with Crippen LogP contribution in [-0.4, -0.2) is 37.4 Å². The molecule has 0 radical (unpaired) electrons. The van der Waals surface area contributed by atoms with E-state index in [1.165, 1.54) is 12.1 Å². The number of phenols is 1. The van der Waals surface area contributed by atoms with Crippen LogP contribution in [-0.2, 0) is 6.54 Å². The Hall–Kier alpha value is -3.61. The van der Waals surface area contributed by atoms with Crippen LogP contribution in [0.2, 0.25) is 0 Å². The van der Waals surface area contributed by atoms with E-state index in [-0.39, 0.29) is 23.4 Å². The summed E-state index contributed by atoms with van der Waals surface area (Å²) in [6.07, 6.45) is 1.63. The highest BCUT2D eigenvalue weighted by Crippen LogP contribution is 2.34. The number of aromatic amines is 2. The van der Waals surface area contributed by atoms with Crippen LogP contribution in [0.5, 0.6) is 5.75 Å². The predicted octanol–water partition coefficient (Wildman–Crippen LogP) is 3.83. The number of halogens is 1. The zero-order valence-corrected chi connectivity index (χ0v) is 15.7. The van der Waals surface area contributed by atoms with Crippen LogP contribution in [0.25, 0.3) is 10.9 Å². The summed E-state index contributed by atoms with van der Waals surface area (Å²) in [4.78, 5) is 25.8. The van der Waals surface area contributed by atoms with Crippen molar-refractivity contribution in [1.29, 1.82) is 0 Å². The van der Waals surface area contributed by atoms with Crippen molar-refractivity contribution in [3.8, 4) is 5.75 Å². The minimum absolute atomic E-state index is 0.149. The molecule has 0 saturated carbocycles. The number of aromatic hydroxyl groups is 1. The molecule has 0 fully saturated rings. The molecule has 29 heavy (non-hydrogen) atoms. The molecular formula is C22H19FN4O2. The second-order valence-corrected chi connectivity index (χ2v) is 7.41. The maximum absolute atomic E-state index is 13.6. The van der Waals surface area contributed by atoms with Gasteiger partial charge in [0, 0.05) is 23.4 Å². The Morgan fingerprint density at radius 3 is 2.97 bits per heavy atom. The number of nitrogens with one attached hydrogen (secondary N) is 2. The number of carbonyl (C=O) groups is 1. The average Bonchev–Trinajstić information content (AvgIpc) is 3.31. The van der Waals surface area contributed by atoms with Crippen LogP contribution in [0.15, 0.2) is 48.8 Å². The Labute approximate surface area is 166 Å². The van der Waals surface area contributed by atoms with Crippen molar-refractivity contribution < 1.29 is 14.3 Å². The van der Waals surface area contributed by atoms with E-state index in [2.05, 4.69) is 15.0 Å². The second-order valence-electron chi connectivity index (χ2n) is 7.41. The van der Waals surface area contributed by atoms with Crippen LogP contribution >= 0.6 is 0 Å². The van der Waals surface area contributed by atoms with Crippen molar-refractivity contribution in [2.75, 3.05) is 6.54 Å². The third-order valence-electron chi connectivity index (χ3n) is 5.63. The number of nitrogens with zero attached hydrogens (tertiary/aromatic N) is 2. The molecule has 0 bridgehead atoms. The predicted molar refractivity (Wildman–Crippen MR) is 106 cm³/mol. The SMILES string of the molecule is Cc1c(C(=O)N2Cc3[nH]cnc3C(c3cccc(O)c3)C2)[nH]c2ccc(F)cc12. The zero-order chi connectivity index (χ0) is 20.1. The van der Waals surface area contributed by atoms with Gasteiger partial charge in [-0.25, -0.2) is 9.37 Å². The van der Waals surface area contributed by atoms with Crippen molar-refractivity contribution in [3.63, 3.8) is 0 Å². The van der Waals surface area contributed by atoms with Gasteiger partial charge in [0.2, 0.25) is 0 Å². The van der Waals surface area contributed by atoms with Gasteiger partial charge in [-0.1, -0.05) is 12.1 Å². The van der Waals surface area contributed by atoms with Crippen LogP contribution in [0.1, 0.15) is 38.9 Å². The molecule has 1 atom stereocenters. The van der Waals surface area contributed by atoms with Gasteiger partial charge in [0.15, 0.2) is 0 Å². The van der Waals surface area contributed by atoms with Gasteiger partial charge in [-0.15, -0.1) is 0 Å². The number of hydrogen-bond acceptors (Lipinski definition) is 3. The topological polar surface area (TPSA) is 85.0 Å². The molecule has 0 spiro atoms. The normalized spacial score (nSPS) is 16.2. The summed E-state index contributed by atoms with van der Waals surface area (Å²) in [6, 6.07) is 11.5. The number of benzene rings is 2. The Bertz CT molecular complexity index is 1240. The Morgan fingerprint density at radius 1 is 1.28 bits per heavy atom. The number of aryl methyl sites for hydroxylation is 1. The molecule has 1 aliphatic heterocycles. The molecule has 6 nitrogen and oxygen atoms in total. The van der Waals surface area contributed by atoms with E-state index >= 15 is 0 Å². The molecule has 5 rings (SSSR count). The van der Waals surface area contributed by atoms with E-state index in [1.807, 2.05) is 13.0 Å². The van der Waals surface area contributed by atoms with Crippen LogP contribution < -0.4 is 0 Å². The fraction of sp³-hybridized carbons (Fsp3) is 0.182. The molecular weight excluding hydrogens is 371 g/mol. The quantitative estimate of drug-likeness (QED) is 0.486. The smallest absolute Gasteiger partial charge is 0.270 e. The molecule has 2 aromatic carbocycles. The third kappa shape index (κ3) is 2.86. The highest BCUT2D eigenvalue weighted by Gasteiger charge is 2.33. The van der Waals surface area contributed by atoms with Crippen molar-refractivity contribution in [3.05, 3.63) is 82.8 Å². The minimum atomic E-state index is -0.331. The molecule has 0 saturated heterocycles. The van der Waals surface area contributed by atoms with E-state index in [4.69, 9.17) is 0 Å². The first-order chi connectivity index (χ1) is 14.0. The summed E-state index contributed by atoms with van der Waals surface area (Å²) >= 11 is 0. The molecule has 4 aromatic rings. The summed E-state index contributed by atoms with van der Waals surface area (Å²) < 4.78 is 13.6. The highest BCUT2D eigenvalue weighted by molar-refractivity contribution is 6.01. The Morgan fingerprint density at radius 2 is 2.14 bits per heavy atom. The number of aromatic nitrogens is 3. The summed E-state index contributed by atoms with van der Waals surface area (Å²) in [5.41, 5.74) is 4.58. The standard InChI is InChI=1S/C22H19FN4O2/c1-12-16-8-14(23)5-6-18(16)26-20(12)22(29)27-9-17(13-3-2-4-15(28)7-13)21-19(10-27)24-11-25-21/h2-8,11,17,26,28H,9-10H2,1H3,(H,24,25). The maximum Gasteiger partial charge on any atom is 0.270 e. The van der Waals surface area contributed by atoms with Gasteiger partial charge < -0.3 is 20.0 Å². The first-order valence-electron chi connectivity index (χ1n) is 9.39. The zero-order valence-electron chi connectivity index (χ0n) is 15.7. The number of fused-ring (bicyclic) bond motifs is 2. The number of amides is 1. The van der Waals surface area contributed by atoms with E-state index in [0.29, 0.717) is 24.2 Å². The molecule has 1 aliphatic rings. The van der Waals surface area contributed by atoms with Crippen LogP contribution in [0.3, 0.4) is 0 Å². The number of hydrogen-bond donors (Lipinski definition) is 3. The van der Waals surface area contributed by atoms with Gasteiger partial charge in [0.1, 0.15) is 17.3 Å². The molecule has 3 N–H and O–H groups in total. The lowest BCUT2D eigenvalue weighted by atomic mass is 9.90. The van der Waals surface area contributed by atoms with Crippen molar-refractivity contribution in [1.82, 2.24) is 19.9 Å². The number of rotatable bonds is 2. The molecule has 0 aliphatic carbocycles. The van der Waals surface area contributed by atoms with Gasteiger partial charge >= 0.3 is 0 Å². The molecule has 2 aromatic heterocycles. The van der Waals surface area contributed by atoms with Crippen molar-refractivity contribution in [2.45, 2.75) is 19.4 Å². The van der Waals surface area contributed by atoms with Gasteiger partial charge in [-0.2, -0.15) is 0 Å². The minimum Gasteiger partial charge on any atom is -0.508 e. The first kappa shape index (κ1) is 17.5. The average molecular weight is 390 g/mol. The first-order valence-corrected chi connectivity index (χ1v) is 9.39. The summed E-state index contributed by atoms with van der Waals surface area (Å²) in [6.45, 7) is 2.67. The van der Waals surface area contributed by atoms with Gasteiger partial charge in [-0.05, 0) is 48.4 Å². The lowest BCUT2D eigenvalue weighted by molar-refractivity contribution is 0.0716. The van der Waals surface area contributed by atoms with E-state index in [9.17, 15) is 14.3 Å². The van der Waals surface area contributed by atoms with Crippen LogP contribution in [0.4, 0.5) is 4.39 Å². The maximum atomic E-state index is 13.6. The molecule has 7 heteroatoms. The lowest BCUT2D eigenvalue weighted by Gasteiger charge is -2.32. The van der Waals surface area contributed by atoms with Gasteiger partial charge in [0.25, 0.3) is 5.91 Å². The van der Waals surface area contributed by atoms with E-state index < -0.39 is 0 Å². The van der Waals surface area contributed by atoms with E-state index in [0.717, 1.165) is 28.0 Å². The Balaban J connectivity index is 1.54. The summed E-state index contributed by atoms with van der Waals surface area (Å²) in [7, 11) is 0. The Kier molecular flexibility index (Phi) is 3.91. The fourth-order valence-corrected chi connectivity index (χ4v) is 4.15. The summed E-state index contributed by atoms with van der Waals surface area (Å²) in [5.74, 6) is -0.452. The number of imidazole rings is 1. The van der Waals surface area contributed by atoms with E-state index in [1.54, 1.807) is 35.5 Å². The highest BCUT2D eigenvalue weighted by atomic mass is 19.1. The third-order valence-corrected chi connectivity index (χ3v) is 5.63.